The first-order chi connectivity index (χ1) is 12.5. The minimum absolute atomic E-state index is 0.0281. The van der Waals surface area contributed by atoms with Crippen LogP contribution in [0.15, 0.2) is 41.6 Å². The number of non-ortho nitro benzene ring substituents is 1. The fraction of sp³-hybridized carbons (Fsp3) is 0.278. The van der Waals surface area contributed by atoms with E-state index >= 15 is 0 Å². The minimum atomic E-state index is -0.450. The smallest absolute Gasteiger partial charge is 0.270 e. The Labute approximate surface area is 150 Å². The van der Waals surface area contributed by atoms with Gasteiger partial charge in [0.05, 0.1) is 17.7 Å². The van der Waals surface area contributed by atoms with Crippen molar-refractivity contribution in [2.24, 2.45) is 5.16 Å². The second-order valence-electron chi connectivity index (χ2n) is 5.95. The number of benzene rings is 2. The van der Waals surface area contributed by atoms with Gasteiger partial charge in [0.1, 0.15) is 12.4 Å². The van der Waals surface area contributed by atoms with Crippen LogP contribution in [0.1, 0.15) is 16.7 Å². The summed E-state index contributed by atoms with van der Waals surface area (Å²) in [4.78, 5) is 18.0. The van der Waals surface area contributed by atoms with Gasteiger partial charge in [-0.2, -0.15) is 0 Å². The van der Waals surface area contributed by atoms with E-state index in [9.17, 15) is 10.1 Å². The lowest BCUT2D eigenvalue weighted by Gasteiger charge is -2.20. The summed E-state index contributed by atoms with van der Waals surface area (Å²) in [6.07, 6.45) is 1.59. The van der Waals surface area contributed by atoms with E-state index in [2.05, 4.69) is 5.16 Å². The monoisotopic (exact) mass is 357 g/mol. The molecular weight excluding hydrogens is 338 g/mol. The van der Waals surface area contributed by atoms with Gasteiger partial charge >= 0.3 is 0 Å². The van der Waals surface area contributed by atoms with E-state index in [-0.39, 0.29) is 25.7 Å². The number of ether oxygens (including phenoxy) is 2. The second kappa shape index (κ2) is 7.83. The first-order valence-electron chi connectivity index (χ1n) is 7.98. The van der Waals surface area contributed by atoms with Crippen LogP contribution in [0.2, 0.25) is 0 Å². The molecule has 8 nitrogen and oxygen atoms in total. The van der Waals surface area contributed by atoms with E-state index in [1.807, 2.05) is 43.3 Å². The third-order valence-corrected chi connectivity index (χ3v) is 3.89. The highest BCUT2D eigenvalue weighted by atomic mass is 16.7. The van der Waals surface area contributed by atoms with Crippen LogP contribution in [0.5, 0.6) is 5.75 Å². The number of nitrogens with zero attached hydrogens (tertiary/aromatic N) is 3. The molecule has 0 spiro atoms. The summed E-state index contributed by atoms with van der Waals surface area (Å²) in [6.45, 7) is 0.446. The molecule has 26 heavy (non-hydrogen) atoms. The van der Waals surface area contributed by atoms with Crippen molar-refractivity contribution in [2.75, 3.05) is 25.8 Å². The molecule has 0 aromatic heterocycles. The Morgan fingerprint density at radius 2 is 2.08 bits per heavy atom. The van der Waals surface area contributed by atoms with Crippen molar-refractivity contribution in [2.45, 2.75) is 13.2 Å². The zero-order valence-electron chi connectivity index (χ0n) is 14.5. The molecule has 8 heteroatoms. The standard InChI is InChI=1S/C18H19N3O5/c1-20(2)16-5-3-13(4-6-16)9-19-26-11-15-8-17(21(22)23)7-14-10-24-12-25-18(14)15/h3-9H,10-12H2,1-2H3/b19-9+. The summed E-state index contributed by atoms with van der Waals surface area (Å²) in [7, 11) is 3.94. The molecule has 1 aliphatic heterocycles. The van der Waals surface area contributed by atoms with Crippen LogP contribution < -0.4 is 9.64 Å². The largest absolute Gasteiger partial charge is 0.467 e. The first kappa shape index (κ1) is 17.7. The molecule has 0 unspecified atom stereocenters. The van der Waals surface area contributed by atoms with Crippen molar-refractivity contribution in [1.29, 1.82) is 0 Å². The normalized spacial score (nSPS) is 13.2. The van der Waals surface area contributed by atoms with Gasteiger partial charge in [-0.3, -0.25) is 10.1 Å². The highest BCUT2D eigenvalue weighted by Gasteiger charge is 2.21. The molecule has 0 aliphatic carbocycles. The van der Waals surface area contributed by atoms with Gasteiger partial charge in [0.15, 0.2) is 6.79 Å². The number of anilines is 1. The van der Waals surface area contributed by atoms with E-state index < -0.39 is 4.92 Å². The summed E-state index contributed by atoms with van der Waals surface area (Å²) in [6, 6.07) is 10.7. The van der Waals surface area contributed by atoms with Crippen LogP contribution in [0, 0.1) is 10.1 Å². The molecule has 1 aliphatic rings. The second-order valence-corrected chi connectivity index (χ2v) is 5.95. The van der Waals surface area contributed by atoms with Crippen LogP contribution in [-0.2, 0) is 22.8 Å². The molecule has 2 aromatic carbocycles. The molecule has 0 fully saturated rings. The van der Waals surface area contributed by atoms with E-state index in [1.54, 1.807) is 6.21 Å². The van der Waals surface area contributed by atoms with Gasteiger partial charge in [-0.05, 0) is 17.7 Å². The molecule has 0 saturated carbocycles. The average Bonchev–Trinajstić information content (AvgIpc) is 2.65. The maximum Gasteiger partial charge on any atom is 0.270 e. The molecule has 2 aromatic rings. The summed E-state index contributed by atoms with van der Waals surface area (Å²) in [5.41, 5.74) is 3.15. The number of hydrogen-bond donors (Lipinski definition) is 0. The van der Waals surface area contributed by atoms with Crippen molar-refractivity contribution in [1.82, 2.24) is 0 Å². The molecule has 1 heterocycles. The highest BCUT2D eigenvalue weighted by molar-refractivity contribution is 5.79. The van der Waals surface area contributed by atoms with Gasteiger partial charge in [-0.1, -0.05) is 17.3 Å². The lowest BCUT2D eigenvalue weighted by molar-refractivity contribution is -0.385. The molecular formula is C18H19N3O5. The molecule has 0 N–H and O–H groups in total. The first-order valence-corrected chi connectivity index (χ1v) is 7.98. The van der Waals surface area contributed by atoms with Crippen molar-refractivity contribution in [3.63, 3.8) is 0 Å². The molecule has 0 atom stereocenters. The Morgan fingerprint density at radius 1 is 1.31 bits per heavy atom. The summed E-state index contributed by atoms with van der Waals surface area (Å²) < 4.78 is 10.6. The van der Waals surface area contributed by atoms with Crippen LogP contribution in [0.25, 0.3) is 0 Å². The lowest BCUT2D eigenvalue weighted by atomic mass is 10.1. The van der Waals surface area contributed by atoms with Crippen molar-refractivity contribution >= 4 is 17.6 Å². The molecule has 0 amide bonds. The Morgan fingerprint density at radius 3 is 2.77 bits per heavy atom. The number of hydrogen-bond acceptors (Lipinski definition) is 7. The molecule has 0 radical (unpaired) electrons. The number of fused-ring (bicyclic) bond motifs is 1. The van der Waals surface area contributed by atoms with Gasteiger partial charge in [0.2, 0.25) is 0 Å². The van der Waals surface area contributed by atoms with Crippen molar-refractivity contribution in [3.05, 3.63) is 63.2 Å². The number of nitro groups is 1. The fourth-order valence-electron chi connectivity index (χ4n) is 2.56. The van der Waals surface area contributed by atoms with Gasteiger partial charge in [0.25, 0.3) is 5.69 Å². The zero-order chi connectivity index (χ0) is 18.5. The minimum Gasteiger partial charge on any atom is -0.467 e. The average molecular weight is 357 g/mol. The van der Waals surface area contributed by atoms with Crippen LogP contribution in [0.4, 0.5) is 11.4 Å². The van der Waals surface area contributed by atoms with Gasteiger partial charge in [-0.15, -0.1) is 0 Å². The van der Waals surface area contributed by atoms with E-state index in [1.165, 1.54) is 12.1 Å². The Balaban J connectivity index is 1.69. The fourth-order valence-corrected chi connectivity index (χ4v) is 2.56. The Bertz CT molecular complexity index is 818. The quantitative estimate of drug-likeness (QED) is 0.449. The van der Waals surface area contributed by atoms with Crippen LogP contribution in [0.3, 0.4) is 0 Å². The van der Waals surface area contributed by atoms with Crippen LogP contribution in [-0.4, -0.2) is 32.0 Å². The predicted octanol–water partition coefficient (Wildman–Crippen LogP) is 3.08. The summed E-state index contributed by atoms with van der Waals surface area (Å²) in [5, 5.41) is 15.0. The van der Waals surface area contributed by atoms with Crippen LogP contribution >= 0.6 is 0 Å². The highest BCUT2D eigenvalue weighted by Crippen LogP contribution is 2.33. The number of oxime groups is 1. The molecule has 3 rings (SSSR count). The molecule has 136 valence electrons. The molecule has 0 bridgehead atoms. The topological polar surface area (TPSA) is 86.4 Å². The van der Waals surface area contributed by atoms with Gasteiger partial charge in [-0.25, -0.2) is 0 Å². The van der Waals surface area contributed by atoms with Gasteiger partial charge < -0.3 is 19.2 Å². The SMILES string of the molecule is CN(C)c1ccc(/C=N/OCc2cc([N+](=O)[O-])cc3c2OCOC3)cc1. The number of rotatable bonds is 6. The zero-order valence-corrected chi connectivity index (χ0v) is 14.5. The Hall–Kier alpha value is -3.13. The summed E-state index contributed by atoms with van der Waals surface area (Å²) >= 11 is 0. The lowest BCUT2D eigenvalue weighted by Crippen LogP contribution is -2.14. The maximum absolute atomic E-state index is 11.1. The maximum atomic E-state index is 11.1. The predicted molar refractivity (Wildman–Crippen MR) is 96.5 cm³/mol. The third-order valence-electron chi connectivity index (χ3n) is 3.89. The van der Waals surface area contributed by atoms with E-state index in [0.717, 1.165) is 11.3 Å². The van der Waals surface area contributed by atoms with E-state index in [0.29, 0.717) is 16.9 Å². The van der Waals surface area contributed by atoms with Crippen molar-refractivity contribution in [3.8, 4) is 5.75 Å². The van der Waals surface area contributed by atoms with Crippen molar-refractivity contribution < 1.29 is 19.2 Å². The third kappa shape index (κ3) is 4.09. The van der Waals surface area contributed by atoms with E-state index in [4.69, 9.17) is 14.3 Å². The summed E-state index contributed by atoms with van der Waals surface area (Å²) in [5.74, 6) is 0.562. The molecule has 0 saturated heterocycles. The van der Waals surface area contributed by atoms with Gasteiger partial charge in [0, 0.05) is 43.0 Å². The Kier molecular flexibility index (Phi) is 5.33. The number of nitro benzene ring substituents is 1.